The molecule has 4 heteroatoms. The van der Waals surface area contributed by atoms with Gasteiger partial charge in [0, 0.05) is 17.9 Å². The molecule has 19 heavy (non-hydrogen) atoms. The molecule has 1 aliphatic carbocycles. The SMILES string of the molecule is C=C1CC[C@H]2C(=C)C(=O)OC2/C=C(\C)[C@@H](O)C[C@H]1O. The van der Waals surface area contributed by atoms with Crippen molar-refractivity contribution in [1.82, 2.24) is 0 Å². The van der Waals surface area contributed by atoms with E-state index in [2.05, 4.69) is 13.2 Å². The lowest BCUT2D eigenvalue weighted by Crippen LogP contribution is -2.25. The van der Waals surface area contributed by atoms with Crippen LogP contribution in [0.5, 0.6) is 0 Å². The second kappa shape index (κ2) is 5.31. The number of hydrogen-bond donors (Lipinski definition) is 2. The zero-order valence-corrected chi connectivity index (χ0v) is 11.1. The van der Waals surface area contributed by atoms with Crippen LogP contribution < -0.4 is 0 Å². The Morgan fingerprint density at radius 2 is 2.00 bits per heavy atom. The maximum absolute atomic E-state index is 11.6. The molecule has 0 saturated carbocycles. The Kier molecular flexibility index (Phi) is 3.92. The van der Waals surface area contributed by atoms with Gasteiger partial charge in [0.15, 0.2) is 0 Å². The highest BCUT2D eigenvalue weighted by molar-refractivity contribution is 5.91. The minimum Gasteiger partial charge on any atom is -0.454 e. The van der Waals surface area contributed by atoms with Crippen LogP contribution in [0.4, 0.5) is 0 Å². The van der Waals surface area contributed by atoms with Crippen LogP contribution in [-0.2, 0) is 9.53 Å². The van der Waals surface area contributed by atoms with E-state index in [1.165, 1.54) is 0 Å². The molecule has 4 atom stereocenters. The summed E-state index contributed by atoms with van der Waals surface area (Å²) in [5, 5.41) is 19.9. The third-order valence-corrected chi connectivity index (χ3v) is 4.00. The van der Waals surface area contributed by atoms with Gasteiger partial charge in [-0.05, 0) is 37.0 Å². The third kappa shape index (κ3) is 2.80. The fraction of sp³-hybridized carbons (Fsp3) is 0.533. The molecule has 0 amide bonds. The highest BCUT2D eigenvalue weighted by Gasteiger charge is 2.38. The molecule has 1 heterocycles. The maximum atomic E-state index is 11.6. The zero-order chi connectivity index (χ0) is 14.2. The molecule has 1 saturated heterocycles. The summed E-state index contributed by atoms with van der Waals surface area (Å²) in [4.78, 5) is 11.6. The van der Waals surface area contributed by atoms with Gasteiger partial charge in [-0.2, -0.15) is 0 Å². The summed E-state index contributed by atoms with van der Waals surface area (Å²) in [6, 6.07) is 0. The molecule has 104 valence electrons. The first-order chi connectivity index (χ1) is 8.90. The summed E-state index contributed by atoms with van der Waals surface area (Å²) in [6.45, 7) is 9.40. The second-order valence-corrected chi connectivity index (χ2v) is 5.38. The van der Waals surface area contributed by atoms with Crippen LogP contribution in [0.2, 0.25) is 0 Å². The Labute approximate surface area is 113 Å². The average Bonchev–Trinajstić information content (AvgIpc) is 2.61. The summed E-state index contributed by atoms with van der Waals surface area (Å²) in [5.74, 6) is -0.476. The first-order valence-electron chi connectivity index (χ1n) is 6.52. The Morgan fingerprint density at radius 1 is 1.32 bits per heavy atom. The highest BCUT2D eigenvalue weighted by Crippen LogP contribution is 2.34. The first-order valence-corrected chi connectivity index (χ1v) is 6.52. The van der Waals surface area contributed by atoms with Crippen molar-refractivity contribution in [1.29, 1.82) is 0 Å². The van der Waals surface area contributed by atoms with Crippen LogP contribution in [0.15, 0.2) is 36.0 Å². The molecular formula is C15H20O4. The van der Waals surface area contributed by atoms with Crippen molar-refractivity contribution in [2.45, 2.75) is 44.5 Å². The van der Waals surface area contributed by atoms with E-state index < -0.39 is 12.2 Å². The van der Waals surface area contributed by atoms with Gasteiger partial charge in [-0.25, -0.2) is 4.79 Å². The number of ether oxygens (including phenoxy) is 1. The van der Waals surface area contributed by atoms with E-state index in [0.29, 0.717) is 29.6 Å². The number of fused-ring (bicyclic) bond motifs is 1. The summed E-state index contributed by atoms with van der Waals surface area (Å²) in [6.07, 6.45) is 1.43. The van der Waals surface area contributed by atoms with E-state index in [0.717, 1.165) is 0 Å². The van der Waals surface area contributed by atoms with Crippen LogP contribution >= 0.6 is 0 Å². The molecule has 2 N–H and O–H groups in total. The summed E-state index contributed by atoms with van der Waals surface area (Å²) < 4.78 is 5.27. The Bertz CT molecular complexity index is 449. The number of aliphatic hydroxyl groups excluding tert-OH is 2. The van der Waals surface area contributed by atoms with E-state index in [9.17, 15) is 15.0 Å². The number of aliphatic hydroxyl groups is 2. The van der Waals surface area contributed by atoms with E-state index in [1.807, 2.05) is 0 Å². The van der Waals surface area contributed by atoms with Gasteiger partial charge in [-0.3, -0.25) is 0 Å². The van der Waals surface area contributed by atoms with E-state index in [-0.39, 0.29) is 24.4 Å². The van der Waals surface area contributed by atoms with Crippen molar-refractivity contribution in [3.8, 4) is 0 Å². The Morgan fingerprint density at radius 3 is 2.68 bits per heavy atom. The van der Waals surface area contributed by atoms with Crippen molar-refractivity contribution in [3.63, 3.8) is 0 Å². The predicted molar refractivity (Wildman–Crippen MR) is 71.3 cm³/mol. The molecule has 1 aliphatic heterocycles. The van der Waals surface area contributed by atoms with Gasteiger partial charge in [0.05, 0.1) is 12.2 Å². The van der Waals surface area contributed by atoms with Gasteiger partial charge < -0.3 is 14.9 Å². The average molecular weight is 264 g/mol. The molecule has 0 aromatic carbocycles. The summed E-state index contributed by atoms with van der Waals surface area (Å²) in [5.41, 5.74) is 1.84. The molecule has 1 fully saturated rings. The van der Waals surface area contributed by atoms with Crippen molar-refractivity contribution in [2.75, 3.05) is 0 Å². The van der Waals surface area contributed by atoms with Crippen molar-refractivity contribution >= 4 is 5.97 Å². The molecule has 0 bridgehead atoms. The van der Waals surface area contributed by atoms with Gasteiger partial charge in [0.2, 0.25) is 0 Å². The zero-order valence-electron chi connectivity index (χ0n) is 11.1. The second-order valence-electron chi connectivity index (χ2n) is 5.38. The smallest absolute Gasteiger partial charge is 0.334 e. The molecule has 0 aromatic rings. The van der Waals surface area contributed by atoms with Crippen molar-refractivity contribution in [3.05, 3.63) is 36.0 Å². The number of carbonyl (C=O) groups excluding carboxylic acids is 1. The van der Waals surface area contributed by atoms with Crippen LogP contribution in [-0.4, -0.2) is 34.5 Å². The molecule has 0 aromatic heterocycles. The molecular weight excluding hydrogens is 244 g/mol. The molecule has 2 aliphatic rings. The van der Waals surface area contributed by atoms with Gasteiger partial charge >= 0.3 is 5.97 Å². The first kappa shape index (κ1) is 14.0. The van der Waals surface area contributed by atoms with E-state index in [1.54, 1.807) is 13.0 Å². The molecule has 0 radical (unpaired) electrons. The fourth-order valence-electron chi connectivity index (χ4n) is 2.56. The number of esters is 1. The number of rotatable bonds is 0. The minimum atomic E-state index is -0.752. The molecule has 1 unspecified atom stereocenters. The van der Waals surface area contributed by atoms with Crippen LogP contribution in [0.3, 0.4) is 0 Å². The Balaban J connectivity index is 2.30. The topological polar surface area (TPSA) is 66.8 Å². The third-order valence-electron chi connectivity index (χ3n) is 4.00. The largest absolute Gasteiger partial charge is 0.454 e. The summed E-state index contributed by atoms with van der Waals surface area (Å²) in [7, 11) is 0. The lowest BCUT2D eigenvalue weighted by molar-refractivity contribution is -0.137. The lowest BCUT2D eigenvalue weighted by Gasteiger charge is -2.24. The van der Waals surface area contributed by atoms with Crippen LogP contribution in [0.25, 0.3) is 0 Å². The van der Waals surface area contributed by atoms with E-state index >= 15 is 0 Å². The lowest BCUT2D eigenvalue weighted by atomic mass is 9.85. The Hall–Kier alpha value is -1.39. The van der Waals surface area contributed by atoms with Gasteiger partial charge in [-0.1, -0.05) is 13.2 Å². The molecule has 2 rings (SSSR count). The predicted octanol–water partition coefficient (Wildman–Crippen LogP) is 1.49. The number of carbonyl (C=O) groups is 1. The van der Waals surface area contributed by atoms with Gasteiger partial charge in [-0.15, -0.1) is 0 Å². The fourth-order valence-corrected chi connectivity index (χ4v) is 2.56. The normalized spacial score (nSPS) is 39.3. The van der Waals surface area contributed by atoms with Crippen LogP contribution in [0, 0.1) is 5.92 Å². The monoisotopic (exact) mass is 264 g/mol. The highest BCUT2D eigenvalue weighted by atomic mass is 16.5. The molecule has 0 spiro atoms. The van der Waals surface area contributed by atoms with Gasteiger partial charge in [0.1, 0.15) is 6.10 Å². The standard InChI is InChI=1S/C15H20O4/c1-8-4-5-11-10(3)15(18)19-14(11)6-9(2)13(17)7-12(8)16/h6,11-14,16-17H,1,3-5,7H2,2H3/b9-6+/t11-,12+,13-,14?/m0/s1. The minimum absolute atomic E-state index is 0.100. The van der Waals surface area contributed by atoms with Crippen molar-refractivity contribution in [2.24, 2.45) is 5.92 Å². The van der Waals surface area contributed by atoms with E-state index in [4.69, 9.17) is 4.74 Å². The van der Waals surface area contributed by atoms with Crippen LogP contribution in [0.1, 0.15) is 26.2 Å². The molecule has 4 nitrogen and oxygen atoms in total. The van der Waals surface area contributed by atoms with Crippen molar-refractivity contribution < 1.29 is 19.7 Å². The maximum Gasteiger partial charge on any atom is 0.334 e. The summed E-state index contributed by atoms with van der Waals surface area (Å²) >= 11 is 0. The number of hydrogen-bond acceptors (Lipinski definition) is 4. The quantitative estimate of drug-likeness (QED) is 0.395. The van der Waals surface area contributed by atoms with Gasteiger partial charge in [0.25, 0.3) is 0 Å².